The monoisotopic (exact) mass is 578 g/mol. The first kappa shape index (κ1) is 28.9. The van der Waals surface area contributed by atoms with Crippen LogP contribution in [0, 0.1) is 0 Å². The van der Waals surface area contributed by atoms with Gasteiger partial charge in [-0.15, -0.1) is 0 Å². The molecule has 2 aliphatic rings. The predicted octanol–water partition coefficient (Wildman–Crippen LogP) is 4.45. The van der Waals surface area contributed by atoms with E-state index in [1.807, 2.05) is 18.2 Å². The van der Waals surface area contributed by atoms with Crippen LogP contribution in [-0.4, -0.2) is 66.2 Å². The number of hydrogen-bond donors (Lipinski definition) is 2. The molecule has 1 fully saturated rings. The van der Waals surface area contributed by atoms with Gasteiger partial charge in [-0.3, -0.25) is 4.79 Å². The average molecular weight is 579 g/mol. The molecule has 0 spiro atoms. The summed E-state index contributed by atoms with van der Waals surface area (Å²) in [6.07, 6.45) is 2.59. The van der Waals surface area contributed by atoms with Crippen molar-refractivity contribution < 1.29 is 22.7 Å². The molecule has 0 aromatic heterocycles. The molecule has 41 heavy (non-hydrogen) atoms. The van der Waals surface area contributed by atoms with Crippen molar-refractivity contribution in [3.8, 4) is 11.5 Å². The Kier molecular flexibility index (Phi) is 8.82. The van der Waals surface area contributed by atoms with Crippen LogP contribution < -0.4 is 24.4 Å². The first-order valence-electron chi connectivity index (χ1n) is 14.1. The van der Waals surface area contributed by atoms with Crippen LogP contribution in [0.5, 0.6) is 11.5 Å². The van der Waals surface area contributed by atoms with Crippen LogP contribution in [0.3, 0.4) is 0 Å². The minimum atomic E-state index is -3.94. The first-order valence-corrected chi connectivity index (χ1v) is 15.6. The predicted molar refractivity (Wildman–Crippen MR) is 161 cm³/mol. The Hall–Kier alpha value is -3.60. The van der Waals surface area contributed by atoms with Gasteiger partial charge in [-0.25, -0.2) is 13.1 Å². The van der Waals surface area contributed by atoms with Gasteiger partial charge in [-0.1, -0.05) is 31.2 Å². The van der Waals surface area contributed by atoms with Crippen molar-refractivity contribution >= 4 is 27.3 Å². The van der Waals surface area contributed by atoms with Gasteiger partial charge >= 0.3 is 0 Å². The van der Waals surface area contributed by atoms with Crippen LogP contribution in [0.1, 0.15) is 47.3 Å². The molecule has 9 nitrogen and oxygen atoms in total. The maximum atomic E-state index is 14.1. The van der Waals surface area contributed by atoms with Crippen LogP contribution in [0.15, 0.2) is 65.6 Å². The van der Waals surface area contributed by atoms with Crippen molar-refractivity contribution in [1.29, 1.82) is 0 Å². The molecule has 2 N–H and O–H groups in total. The fraction of sp³-hybridized carbons (Fsp3) is 0.387. The Morgan fingerprint density at radius 2 is 1.66 bits per heavy atom. The molecule has 1 amide bonds. The van der Waals surface area contributed by atoms with Gasteiger partial charge in [0.1, 0.15) is 16.4 Å². The molecule has 3 aromatic rings. The van der Waals surface area contributed by atoms with Gasteiger partial charge in [-0.05, 0) is 67.3 Å². The van der Waals surface area contributed by atoms with E-state index in [1.165, 1.54) is 19.8 Å². The summed E-state index contributed by atoms with van der Waals surface area (Å²) in [6.45, 7) is 6.25. The fourth-order valence-corrected chi connectivity index (χ4v) is 7.14. The number of anilines is 2. The van der Waals surface area contributed by atoms with Crippen molar-refractivity contribution in [2.24, 2.45) is 0 Å². The van der Waals surface area contributed by atoms with Crippen molar-refractivity contribution in [1.82, 2.24) is 9.62 Å². The number of aryl methyl sites for hydroxylation is 1. The van der Waals surface area contributed by atoms with Crippen LogP contribution in [0.2, 0.25) is 0 Å². The third kappa shape index (κ3) is 6.50. The number of carbonyl (C=O) groups excluding carboxylic acids is 1. The van der Waals surface area contributed by atoms with E-state index in [0.29, 0.717) is 28.4 Å². The van der Waals surface area contributed by atoms with Gasteiger partial charge in [-0.2, -0.15) is 0 Å². The Labute approximate surface area is 242 Å². The lowest BCUT2D eigenvalue weighted by Crippen LogP contribution is -2.46. The van der Waals surface area contributed by atoms with Crippen molar-refractivity contribution in [3.63, 3.8) is 0 Å². The Balaban J connectivity index is 1.47. The number of likely N-dealkylation sites (N-methyl/N-ethyl adjacent to an activating group) is 1. The van der Waals surface area contributed by atoms with E-state index >= 15 is 0 Å². The maximum Gasteiger partial charge on any atom is 0.255 e. The third-order valence-corrected chi connectivity index (χ3v) is 9.45. The molecule has 1 atom stereocenters. The number of piperazine rings is 1. The van der Waals surface area contributed by atoms with E-state index in [0.717, 1.165) is 57.5 Å². The van der Waals surface area contributed by atoms with Crippen LogP contribution in [0.4, 0.5) is 11.4 Å². The summed E-state index contributed by atoms with van der Waals surface area (Å²) >= 11 is 0. The van der Waals surface area contributed by atoms with Crippen LogP contribution in [0.25, 0.3) is 0 Å². The molecule has 0 radical (unpaired) electrons. The van der Waals surface area contributed by atoms with Crippen molar-refractivity contribution in [3.05, 3.63) is 77.4 Å². The Bertz CT molecular complexity index is 1480. The quantitative estimate of drug-likeness (QED) is 0.387. The number of carbonyl (C=O) groups is 1. The van der Waals surface area contributed by atoms with Gasteiger partial charge < -0.3 is 24.6 Å². The largest absolute Gasteiger partial charge is 0.497 e. The summed E-state index contributed by atoms with van der Waals surface area (Å²) in [7, 11) is -0.906. The highest BCUT2D eigenvalue weighted by atomic mass is 32.2. The highest BCUT2D eigenvalue weighted by Crippen LogP contribution is 2.34. The number of methoxy groups -OCH3 is 2. The lowest BCUT2D eigenvalue weighted by atomic mass is 9.88. The van der Waals surface area contributed by atoms with E-state index in [1.54, 1.807) is 36.4 Å². The molecule has 0 saturated carbocycles. The summed E-state index contributed by atoms with van der Waals surface area (Å²) in [6, 6.07) is 17.7. The number of fused-ring (bicyclic) bond motifs is 1. The smallest absolute Gasteiger partial charge is 0.255 e. The third-order valence-electron chi connectivity index (χ3n) is 7.95. The molecule has 0 bridgehead atoms. The average Bonchev–Trinajstić information content (AvgIpc) is 3.00. The summed E-state index contributed by atoms with van der Waals surface area (Å²) in [5.41, 5.74) is 3.56. The first-order chi connectivity index (χ1) is 19.8. The summed E-state index contributed by atoms with van der Waals surface area (Å²) in [4.78, 5) is 17.8. The zero-order valence-corrected chi connectivity index (χ0v) is 24.7. The van der Waals surface area contributed by atoms with E-state index in [9.17, 15) is 13.2 Å². The van der Waals surface area contributed by atoms with Crippen molar-refractivity contribution in [2.45, 2.75) is 37.1 Å². The van der Waals surface area contributed by atoms with Gasteiger partial charge in [0.15, 0.2) is 0 Å². The second kappa shape index (κ2) is 12.5. The number of rotatable bonds is 9. The van der Waals surface area contributed by atoms with E-state index in [-0.39, 0.29) is 10.9 Å². The number of sulfonamides is 1. The van der Waals surface area contributed by atoms with Crippen LogP contribution in [-0.2, 0) is 16.4 Å². The zero-order chi connectivity index (χ0) is 29.0. The molecule has 1 saturated heterocycles. The molecule has 10 heteroatoms. The van der Waals surface area contributed by atoms with E-state index in [4.69, 9.17) is 9.47 Å². The Morgan fingerprint density at radius 1 is 0.951 bits per heavy atom. The highest BCUT2D eigenvalue weighted by molar-refractivity contribution is 7.89. The molecule has 1 aliphatic heterocycles. The molecule has 5 rings (SSSR count). The normalized spacial score (nSPS) is 17.5. The van der Waals surface area contributed by atoms with E-state index < -0.39 is 15.9 Å². The van der Waals surface area contributed by atoms with Crippen LogP contribution >= 0.6 is 0 Å². The lowest BCUT2D eigenvalue weighted by Gasteiger charge is -2.36. The maximum absolute atomic E-state index is 14.1. The summed E-state index contributed by atoms with van der Waals surface area (Å²) in [5.74, 6) is 0.566. The molecule has 1 aliphatic carbocycles. The number of nitrogens with zero attached hydrogens (tertiary/aromatic N) is 2. The second-order valence-electron chi connectivity index (χ2n) is 10.4. The number of hydrogen-bond acceptors (Lipinski definition) is 7. The minimum absolute atomic E-state index is 0.159. The minimum Gasteiger partial charge on any atom is -0.497 e. The highest BCUT2D eigenvalue weighted by Gasteiger charge is 2.30. The number of benzene rings is 3. The molecular weight excluding hydrogens is 540 g/mol. The number of nitrogens with one attached hydrogen (secondary N) is 2. The van der Waals surface area contributed by atoms with Gasteiger partial charge in [0.2, 0.25) is 10.0 Å². The van der Waals surface area contributed by atoms with E-state index in [2.05, 4.69) is 32.8 Å². The molecule has 1 heterocycles. The van der Waals surface area contributed by atoms with Gasteiger partial charge in [0, 0.05) is 49.5 Å². The zero-order valence-electron chi connectivity index (χ0n) is 23.9. The van der Waals surface area contributed by atoms with Gasteiger partial charge in [0.05, 0.1) is 19.9 Å². The molecular formula is C31H38N4O5S. The lowest BCUT2D eigenvalue weighted by molar-refractivity contribution is 0.102. The van der Waals surface area contributed by atoms with Crippen molar-refractivity contribution in [2.75, 3.05) is 57.2 Å². The molecule has 3 aromatic carbocycles. The Morgan fingerprint density at radius 3 is 2.34 bits per heavy atom. The SMILES string of the molecule is CCN1CCN(c2ccc(NC(=O)c3cc(OC)cc(OC)c3)cc2S(=O)(=O)N[C@H]2CCCc3ccccc32)CC1. The van der Waals surface area contributed by atoms with Gasteiger partial charge in [0.25, 0.3) is 5.91 Å². The fourth-order valence-electron chi connectivity index (χ4n) is 5.64. The molecule has 218 valence electrons. The number of ether oxygens (including phenoxy) is 2. The number of amides is 1. The topological polar surface area (TPSA) is 100 Å². The second-order valence-corrected chi connectivity index (χ2v) is 12.1. The summed E-state index contributed by atoms with van der Waals surface area (Å²) in [5, 5.41) is 2.87. The molecule has 0 unspecified atom stereocenters. The standard InChI is InChI=1S/C31H38N4O5S/c1-4-34-14-16-35(17-15-34)29-13-12-24(32-31(36)23-18-25(39-2)21-26(19-23)40-3)20-30(29)41(37,38)33-28-11-7-9-22-8-5-6-10-27(22)28/h5-6,8,10,12-13,18-21,28,33H,4,7,9,11,14-17H2,1-3H3,(H,32,36)/t28-/m0/s1. The summed E-state index contributed by atoms with van der Waals surface area (Å²) < 4.78 is 41.8.